The topological polar surface area (TPSA) is 48.3 Å². The zero-order chi connectivity index (χ0) is 13.2. The van der Waals surface area contributed by atoms with E-state index in [0.29, 0.717) is 18.5 Å². The third-order valence-electron chi connectivity index (χ3n) is 3.08. The second-order valence-electron chi connectivity index (χ2n) is 4.35. The molecule has 0 bridgehead atoms. The van der Waals surface area contributed by atoms with Crippen LogP contribution < -0.4 is 14.8 Å². The van der Waals surface area contributed by atoms with Gasteiger partial charge in [-0.15, -0.1) is 0 Å². The predicted molar refractivity (Wildman–Crippen MR) is 71.3 cm³/mol. The summed E-state index contributed by atoms with van der Waals surface area (Å²) in [4.78, 5) is 4.23. The Morgan fingerprint density at radius 1 is 1.32 bits per heavy atom. The second-order valence-corrected chi connectivity index (χ2v) is 4.73. The summed E-state index contributed by atoms with van der Waals surface area (Å²) >= 11 is 5.93. The Morgan fingerprint density at radius 2 is 2.16 bits per heavy atom. The first kappa shape index (κ1) is 12.3. The van der Waals surface area contributed by atoms with Crippen LogP contribution in [-0.4, -0.2) is 16.3 Å². The number of ether oxygens (including phenoxy) is 2. The minimum absolute atomic E-state index is 0.304. The summed E-state index contributed by atoms with van der Waals surface area (Å²) in [5.41, 5.74) is 1.14. The molecular weight excluding hydrogens is 266 g/mol. The summed E-state index contributed by atoms with van der Waals surface area (Å²) in [7, 11) is 1.90. The number of hydrogen-bond donors (Lipinski definition) is 1. The van der Waals surface area contributed by atoms with E-state index in [4.69, 9.17) is 21.1 Å². The molecule has 0 fully saturated rings. The number of nitrogens with one attached hydrogen (secondary N) is 1. The number of halogens is 1. The Kier molecular flexibility index (Phi) is 3.31. The largest absolute Gasteiger partial charge is 0.454 e. The van der Waals surface area contributed by atoms with Gasteiger partial charge in [0.15, 0.2) is 11.5 Å². The van der Waals surface area contributed by atoms with Crippen LogP contribution in [-0.2, 0) is 20.1 Å². The highest BCUT2D eigenvalue weighted by Gasteiger charge is 2.13. The molecule has 100 valence electrons. The summed E-state index contributed by atoms with van der Waals surface area (Å²) in [6.45, 7) is 1.71. The van der Waals surface area contributed by atoms with E-state index in [9.17, 15) is 0 Å². The fourth-order valence-corrected chi connectivity index (χ4v) is 2.10. The van der Waals surface area contributed by atoms with E-state index in [-0.39, 0.29) is 0 Å². The molecule has 1 aromatic carbocycles. The minimum Gasteiger partial charge on any atom is -0.454 e. The molecule has 5 nitrogen and oxygen atoms in total. The number of rotatable bonds is 4. The average Bonchev–Trinajstić information content (AvgIpc) is 2.99. The van der Waals surface area contributed by atoms with E-state index in [2.05, 4.69) is 10.3 Å². The van der Waals surface area contributed by atoms with E-state index in [1.54, 1.807) is 6.20 Å². The number of fused-ring (bicyclic) bond motifs is 1. The molecule has 0 spiro atoms. The standard InChI is InChI=1S/C13H14ClN3O2/c1-17-12(14)6-16-13(17)7-15-5-9-2-3-10-11(4-9)19-8-18-10/h2-4,6,15H,5,7-8H2,1H3. The lowest BCUT2D eigenvalue weighted by atomic mass is 10.2. The van der Waals surface area contributed by atoms with Crippen molar-refractivity contribution >= 4 is 11.6 Å². The molecule has 6 heteroatoms. The van der Waals surface area contributed by atoms with Gasteiger partial charge in [-0.3, -0.25) is 0 Å². The number of nitrogens with zero attached hydrogens (tertiary/aromatic N) is 2. The SMILES string of the molecule is Cn1c(Cl)cnc1CNCc1ccc2c(c1)OCO2. The first-order valence-electron chi connectivity index (χ1n) is 5.99. The molecule has 1 aliphatic rings. The summed E-state index contributed by atoms with van der Waals surface area (Å²) in [6.07, 6.45) is 1.65. The Labute approximate surface area is 116 Å². The first-order valence-corrected chi connectivity index (χ1v) is 6.37. The van der Waals surface area contributed by atoms with E-state index in [1.165, 1.54) is 0 Å². The van der Waals surface area contributed by atoms with Crippen molar-refractivity contribution in [1.82, 2.24) is 14.9 Å². The molecular formula is C13H14ClN3O2. The Bertz CT molecular complexity index is 598. The lowest BCUT2D eigenvalue weighted by Gasteiger charge is -2.06. The van der Waals surface area contributed by atoms with Crippen molar-refractivity contribution in [2.75, 3.05) is 6.79 Å². The summed E-state index contributed by atoms with van der Waals surface area (Å²) in [6, 6.07) is 5.93. The van der Waals surface area contributed by atoms with Gasteiger partial charge < -0.3 is 19.4 Å². The van der Waals surface area contributed by atoms with Crippen molar-refractivity contribution in [3.8, 4) is 11.5 Å². The van der Waals surface area contributed by atoms with Gasteiger partial charge in [-0.25, -0.2) is 4.98 Å². The molecule has 0 saturated carbocycles. The van der Waals surface area contributed by atoms with Crippen LogP contribution in [0.5, 0.6) is 11.5 Å². The van der Waals surface area contributed by atoms with E-state index in [1.807, 2.05) is 29.8 Å². The lowest BCUT2D eigenvalue weighted by molar-refractivity contribution is 0.174. The van der Waals surface area contributed by atoms with Gasteiger partial charge in [-0.1, -0.05) is 17.7 Å². The van der Waals surface area contributed by atoms with E-state index in [0.717, 1.165) is 29.4 Å². The quantitative estimate of drug-likeness (QED) is 0.931. The number of imidazole rings is 1. The maximum Gasteiger partial charge on any atom is 0.231 e. The van der Waals surface area contributed by atoms with Crippen molar-refractivity contribution in [2.24, 2.45) is 7.05 Å². The molecule has 0 atom stereocenters. The molecule has 19 heavy (non-hydrogen) atoms. The Balaban J connectivity index is 1.59. The number of benzene rings is 1. The molecule has 2 aromatic rings. The molecule has 1 N–H and O–H groups in total. The Morgan fingerprint density at radius 3 is 2.95 bits per heavy atom. The van der Waals surface area contributed by atoms with Crippen molar-refractivity contribution in [3.63, 3.8) is 0 Å². The summed E-state index contributed by atoms with van der Waals surface area (Å²) in [5, 5.41) is 3.96. The molecule has 0 aliphatic carbocycles. The van der Waals surface area contributed by atoms with Crippen molar-refractivity contribution in [3.05, 3.63) is 40.9 Å². The van der Waals surface area contributed by atoms with Gasteiger partial charge in [-0.2, -0.15) is 0 Å². The van der Waals surface area contributed by atoms with Crippen molar-refractivity contribution < 1.29 is 9.47 Å². The lowest BCUT2D eigenvalue weighted by Crippen LogP contribution is -2.15. The molecule has 0 saturated heterocycles. The van der Waals surface area contributed by atoms with Gasteiger partial charge in [0.25, 0.3) is 0 Å². The molecule has 0 radical (unpaired) electrons. The van der Waals surface area contributed by atoms with Crippen LogP contribution in [0.15, 0.2) is 24.4 Å². The highest BCUT2D eigenvalue weighted by Crippen LogP contribution is 2.32. The van der Waals surface area contributed by atoms with Gasteiger partial charge in [0.05, 0.1) is 12.7 Å². The zero-order valence-electron chi connectivity index (χ0n) is 10.5. The number of hydrogen-bond acceptors (Lipinski definition) is 4. The van der Waals surface area contributed by atoms with Crippen molar-refractivity contribution in [1.29, 1.82) is 0 Å². The number of aromatic nitrogens is 2. The van der Waals surface area contributed by atoms with Gasteiger partial charge >= 0.3 is 0 Å². The van der Waals surface area contributed by atoms with Crippen LogP contribution in [0.1, 0.15) is 11.4 Å². The van der Waals surface area contributed by atoms with Gasteiger partial charge in [-0.05, 0) is 17.7 Å². The fraction of sp³-hybridized carbons (Fsp3) is 0.308. The van der Waals surface area contributed by atoms with Gasteiger partial charge in [0.2, 0.25) is 6.79 Å². The van der Waals surface area contributed by atoms with Crippen molar-refractivity contribution in [2.45, 2.75) is 13.1 Å². The summed E-state index contributed by atoms with van der Waals surface area (Å²) < 4.78 is 12.5. The normalized spacial score (nSPS) is 12.9. The predicted octanol–water partition coefficient (Wildman–Crippen LogP) is 2.09. The maximum absolute atomic E-state index is 5.93. The van der Waals surface area contributed by atoms with E-state index < -0.39 is 0 Å². The van der Waals surface area contributed by atoms with Crippen LogP contribution in [0.3, 0.4) is 0 Å². The maximum atomic E-state index is 5.93. The molecule has 2 heterocycles. The first-order chi connectivity index (χ1) is 9.24. The average molecular weight is 280 g/mol. The van der Waals surface area contributed by atoms with Crippen LogP contribution in [0.2, 0.25) is 5.15 Å². The smallest absolute Gasteiger partial charge is 0.231 e. The van der Waals surface area contributed by atoms with Gasteiger partial charge in [0.1, 0.15) is 11.0 Å². The fourth-order valence-electron chi connectivity index (χ4n) is 1.96. The van der Waals surface area contributed by atoms with Crippen LogP contribution in [0.25, 0.3) is 0 Å². The summed E-state index contributed by atoms with van der Waals surface area (Å²) in [5.74, 6) is 2.52. The third-order valence-corrected chi connectivity index (χ3v) is 3.43. The zero-order valence-corrected chi connectivity index (χ0v) is 11.3. The third kappa shape index (κ3) is 2.52. The molecule has 3 rings (SSSR count). The highest BCUT2D eigenvalue weighted by molar-refractivity contribution is 6.29. The van der Waals surface area contributed by atoms with Crippen LogP contribution in [0.4, 0.5) is 0 Å². The molecule has 0 unspecified atom stereocenters. The van der Waals surface area contributed by atoms with Crippen LogP contribution in [0, 0.1) is 0 Å². The minimum atomic E-state index is 0.304. The van der Waals surface area contributed by atoms with Gasteiger partial charge in [0, 0.05) is 13.6 Å². The molecule has 1 aliphatic heterocycles. The second kappa shape index (κ2) is 5.11. The highest BCUT2D eigenvalue weighted by atomic mass is 35.5. The Hall–Kier alpha value is -1.72. The molecule has 1 aromatic heterocycles. The monoisotopic (exact) mass is 279 g/mol. The van der Waals surface area contributed by atoms with E-state index >= 15 is 0 Å². The van der Waals surface area contributed by atoms with Crippen LogP contribution >= 0.6 is 11.6 Å². The molecule has 0 amide bonds.